The zero-order valence-corrected chi connectivity index (χ0v) is 13.5. The van der Waals surface area contributed by atoms with Crippen LogP contribution in [0.25, 0.3) is 0 Å². The first kappa shape index (κ1) is 16.9. The Balaban J connectivity index is 2.59. The highest BCUT2D eigenvalue weighted by atomic mass is 32.2. The van der Waals surface area contributed by atoms with Gasteiger partial charge in [-0.3, -0.25) is 0 Å². The molecule has 5 nitrogen and oxygen atoms in total. The van der Waals surface area contributed by atoms with E-state index in [-0.39, 0.29) is 6.04 Å². The van der Waals surface area contributed by atoms with E-state index < -0.39 is 10.2 Å². The highest BCUT2D eigenvalue weighted by Gasteiger charge is 2.31. The minimum atomic E-state index is -3.31. The summed E-state index contributed by atoms with van der Waals surface area (Å²) in [6.45, 7) is 10.3. The summed E-state index contributed by atoms with van der Waals surface area (Å²) < 4.78 is 28.6. The van der Waals surface area contributed by atoms with E-state index in [0.29, 0.717) is 25.0 Å². The lowest BCUT2D eigenvalue weighted by molar-refractivity contribution is 0.222. The molecule has 0 saturated carbocycles. The van der Waals surface area contributed by atoms with E-state index in [0.717, 1.165) is 25.8 Å². The molecule has 0 bridgehead atoms. The molecule has 1 rings (SSSR count). The molecule has 0 radical (unpaired) electrons. The molecule has 2 unspecified atom stereocenters. The maximum atomic E-state index is 12.2. The predicted molar refractivity (Wildman–Crippen MR) is 79.2 cm³/mol. The number of hydrogen-bond donors (Lipinski definition) is 2. The van der Waals surface area contributed by atoms with Gasteiger partial charge in [0.1, 0.15) is 0 Å². The Hall–Kier alpha value is -0.170. The van der Waals surface area contributed by atoms with Gasteiger partial charge in [-0.05, 0) is 52.5 Å². The second-order valence-electron chi connectivity index (χ2n) is 5.78. The van der Waals surface area contributed by atoms with Crippen LogP contribution in [-0.2, 0) is 10.2 Å². The molecule has 1 heterocycles. The third-order valence-corrected chi connectivity index (χ3v) is 5.35. The van der Waals surface area contributed by atoms with Crippen molar-refractivity contribution in [2.75, 3.05) is 19.6 Å². The van der Waals surface area contributed by atoms with Crippen LogP contribution in [0.15, 0.2) is 0 Å². The smallest absolute Gasteiger partial charge is 0.279 e. The molecule has 0 aromatic heterocycles. The van der Waals surface area contributed by atoms with Crippen molar-refractivity contribution in [2.45, 2.75) is 59.0 Å². The second-order valence-corrected chi connectivity index (χ2v) is 7.48. The summed E-state index contributed by atoms with van der Waals surface area (Å²) in [7, 11) is -3.31. The standard InChI is InChI=1S/C13H29N3O2S/c1-5-8-14-12(4)13-7-6-9-16(10-13)19(17,18)15-11(2)3/h11-15H,5-10H2,1-4H3. The molecular formula is C13H29N3O2S. The van der Waals surface area contributed by atoms with Crippen molar-refractivity contribution in [1.29, 1.82) is 0 Å². The third-order valence-electron chi connectivity index (χ3n) is 3.57. The molecule has 114 valence electrons. The molecule has 2 atom stereocenters. The minimum Gasteiger partial charge on any atom is -0.314 e. The Labute approximate surface area is 118 Å². The molecule has 1 saturated heterocycles. The summed E-state index contributed by atoms with van der Waals surface area (Å²) >= 11 is 0. The van der Waals surface area contributed by atoms with Crippen molar-refractivity contribution in [3.63, 3.8) is 0 Å². The fraction of sp³-hybridized carbons (Fsp3) is 1.00. The van der Waals surface area contributed by atoms with Gasteiger partial charge in [0.25, 0.3) is 10.2 Å². The van der Waals surface area contributed by atoms with E-state index in [2.05, 4.69) is 23.9 Å². The molecule has 1 aliphatic rings. The number of nitrogens with zero attached hydrogens (tertiary/aromatic N) is 1. The molecule has 1 fully saturated rings. The molecule has 19 heavy (non-hydrogen) atoms. The monoisotopic (exact) mass is 291 g/mol. The molecule has 0 aromatic carbocycles. The van der Waals surface area contributed by atoms with Gasteiger partial charge in [0, 0.05) is 25.2 Å². The van der Waals surface area contributed by atoms with Gasteiger partial charge in [0.2, 0.25) is 0 Å². The van der Waals surface area contributed by atoms with Crippen LogP contribution in [0.3, 0.4) is 0 Å². The fourth-order valence-electron chi connectivity index (χ4n) is 2.51. The molecule has 6 heteroatoms. The lowest BCUT2D eigenvalue weighted by Gasteiger charge is -2.35. The van der Waals surface area contributed by atoms with E-state index in [1.54, 1.807) is 4.31 Å². The van der Waals surface area contributed by atoms with Crippen molar-refractivity contribution < 1.29 is 8.42 Å². The van der Waals surface area contributed by atoms with Crippen molar-refractivity contribution in [3.8, 4) is 0 Å². The Morgan fingerprint density at radius 1 is 1.32 bits per heavy atom. The van der Waals surface area contributed by atoms with Gasteiger partial charge in [0.15, 0.2) is 0 Å². The Bertz CT molecular complexity index is 357. The van der Waals surface area contributed by atoms with Crippen molar-refractivity contribution in [3.05, 3.63) is 0 Å². The average molecular weight is 291 g/mol. The summed E-state index contributed by atoms with van der Waals surface area (Å²) in [5.74, 6) is 0.407. The lowest BCUT2D eigenvalue weighted by atomic mass is 9.93. The van der Waals surface area contributed by atoms with Gasteiger partial charge in [-0.2, -0.15) is 17.4 Å². The second kappa shape index (κ2) is 7.57. The fourth-order valence-corrected chi connectivity index (χ4v) is 4.01. The van der Waals surface area contributed by atoms with Crippen molar-refractivity contribution in [2.24, 2.45) is 5.92 Å². The van der Waals surface area contributed by atoms with Crippen LogP contribution in [0.1, 0.15) is 47.0 Å². The molecular weight excluding hydrogens is 262 g/mol. The zero-order valence-electron chi connectivity index (χ0n) is 12.6. The van der Waals surface area contributed by atoms with Crippen LogP contribution in [0.5, 0.6) is 0 Å². The number of hydrogen-bond acceptors (Lipinski definition) is 3. The van der Waals surface area contributed by atoms with E-state index in [1.165, 1.54) is 0 Å². The van der Waals surface area contributed by atoms with E-state index in [4.69, 9.17) is 0 Å². The predicted octanol–water partition coefficient (Wildman–Crippen LogP) is 1.33. The van der Waals surface area contributed by atoms with Gasteiger partial charge in [-0.15, -0.1) is 0 Å². The maximum absolute atomic E-state index is 12.2. The van der Waals surface area contributed by atoms with Crippen LogP contribution >= 0.6 is 0 Å². The van der Waals surface area contributed by atoms with Gasteiger partial charge in [-0.1, -0.05) is 6.92 Å². The van der Waals surface area contributed by atoms with Crippen molar-refractivity contribution >= 4 is 10.2 Å². The van der Waals surface area contributed by atoms with Crippen LogP contribution in [0.4, 0.5) is 0 Å². The summed E-state index contributed by atoms with van der Waals surface area (Å²) in [5.41, 5.74) is 0. The summed E-state index contributed by atoms with van der Waals surface area (Å²) in [4.78, 5) is 0. The zero-order chi connectivity index (χ0) is 14.5. The molecule has 1 aliphatic heterocycles. The number of rotatable bonds is 7. The third kappa shape index (κ3) is 5.38. The summed E-state index contributed by atoms with van der Waals surface area (Å²) in [6.07, 6.45) is 3.15. The normalized spacial score (nSPS) is 23.7. The largest absolute Gasteiger partial charge is 0.314 e. The minimum absolute atomic E-state index is 0.0546. The van der Waals surface area contributed by atoms with E-state index in [1.807, 2.05) is 13.8 Å². The van der Waals surface area contributed by atoms with Gasteiger partial charge in [0.05, 0.1) is 0 Å². The maximum Gasteiger partial charge on any atom is 0.279 e. The molecule has 0 aromatic rings. The molecule has 2 N–H and O–H groups in total. The van der Waals surface area contributed by atoms with Crippen LogP contribution in [0.2, 0.25) is 0 Å². The first-order valence-corrected chi connectivity index (χ1v) is 8.81. The number of nitrogens with one attached hydrogen (secondary N) is 2. The SMILES string of the molecule is CCCNC(C)C1CCCN(S(=O)(=O)NC(C)C)C1. The number of piperidine rings is 1. The first-order valence-electron chi connectivity index (χ1n) is 7.37. The Morgan fingerprint density at radius 2 is 2.00 bits per heavy atom. The van der Waals surface area contributed by atoms with Crippen LogP contribution in [-0.4, -0.2) is 44.4 Å². The van der Waals surface area contributed by atoms with Crippen molar-refractivity contribution in [1.82, 2.24) is 14.3 Å². The van der Waals surface area contributed by atoms with Gasteiger partial charge >= 0.3 is 0 Å². The van der Waals surface area contributed by atoms with E-state index in [9.17, 15) is 8.42 Å². The molecule has 0 spiro atoms. The molecule has 0 aliphatic carbocycles. The van der Waals surface area contributed by atoms with E-state index >= 15 is 0 Å². The van der Waals surface area contributed by atoms with Crippen LogP contribution < -0.4 is 10.0 Å². The average Bonchev–Trinajstić information content (AvgIpc) is 2.34. The van der Waals surface area contributed by atoms with Gasteiger partial charge < -0.3 is 5.32 Å². The Kier molecular flexibility index (Phi) is 6.73. The van der Waals surface area contributed by atoms with Crippen LogP contribution in [0, 0.1) is 5.92 Å². The Morgan fingerprint density at radius 3 is 2.58 bits per heavy atom. The highest BCUT2D eigenvalue weighted by Crippen LogP contribution is 2.21. The highest BCUT2D eigenvalue weighted by molar-refractivity contribution is 7.87. The van der Waals surface area contributed by atoms with Gasteiger partial charge in [-0.25, -0.2) is 0 Å². The topological polar surface area (TPSA) is 61.4 Å². The summed E-state index contributed by atoms with van der Waals surface area (Å²) in [6, 6.07) is 0.318. The molecule has 0 amide bonds. The summed E-state index contributed by atoms with van der Waals surface area (Å²) in [5, 5.41) is 3.47. The lowest BCUT2D eigenvalue weighted by Crippen LogP contribution is -2.51. The quantitative estimate of drug-likeness (QED) is 0.744. The first-order chi connectivity index (χ1) is 8.86.